The van der Waals surface area contributed by atoms with Crippen LogP contribution in [0.1, 0.15) is 43.7 Å². The quantitative estimate of drug-likeness (QED) is 0.229. The monoisotopic (exact) mass is 591 g/mol. The largest absolute Gasteiger partial charge is 0.493 e. The number of carbonyl (C=O) groups excluding carboxylic acids is 1. The molecule has 2 saturated heterocycles. The summed E-state index contributed by atoms with van der Waals surface area (Å²) in [6, 6.07) is 2.28. The Bertz CT molecular complexity index is 1130. The molecule has 0 aliphatic carbocycles. The third-order valence-electron chi connectivity index (χ3n) is 8.25. The number of ether oxygens (including phenoxy) is 1. The van der Waals surface area contributed by atoms with Gasteiger partial charge in [0.05, 0.1) is 26.2 Å². The predicted molar refractivity (Wildman–Crippen MR) is 153 cm³/mol. The minimum absolute atomic E-state index is 0.0129. The highest BCUT2D eigenvalue weighted by Crippen LogP contribution is 2.26. The lowest BCUT2D eigenvalue weighted by atomic mass is 9.92. The number of anilines is 1. The van der Waals surface area contributed by atoms with Gasteiger partial charge in [0.1, 0.15) is 23.0 Å². The van der Waals surface area contributed by atoms with Gasteiger partial charge in [0, 0.05) is 75.3 Å². The second-order valence-electron chi connectivity index (χ2n) is 11.5. The van der Waals surface area contributed by atoms with E-state index in [1.54, 1.807) is 0 Å². The van der Waals surface area contributed by atoms with Crippen LogP contribution in [0.4, 0.5) is 14.7 Å². The first-order chi connectivity index (χ1) is 20.2. The van der Waals surface area contributed by atoms with Gasteiger partial charge >= 0.3 is 0 Å². The van der Waals surface area contributed by atoms with E-state index in [4.69, 9.17) is 14.9 Å². The minimum atomic E-state index is -1.60. The zero-order valence-electron chi connectivity index (χ0n) is 24.3. The van der Waals surface area contributed by atoms with Crippen LogP contribution in [0.25, 0.3) is 0 Å². The summed E-state index contributed by atoms with van der Waals surface area (Å²) in [6.45, 7) is 4.44. The van der Waals surface area contributed by atoms with Crippen LogP contribution in [0.2, 0.25) is 0 Å². The van der Waals surface area contributed by atoms with Crippen LogP contribution in [0.3, 0.4) is 0 Å². The number of carbonyl (C=O) groups is 1. The first-order valence-corrected chi connectivity index (χ1v) is 14.8. The summed E-state index contributed by atoms with van der Waals surface area (Å²) in [4.78, 5) is 25.3. The molecule has 10 nitrogen and oxygen atoms in total. The summed E-state index contributed by atoms with van der Waals surface area (Å²) >= 11 is 0. The Balaban J connectivity index is 1.13. The molecule has 2 aliphatic heterocycles. The average molecular weight is 592 g/mol. The first kappa shape index (κ1) is 32.0. The number of hydrogen-bond donors (Lipinski definition) is 4. The van der Waals surface area contributed by atoms with Gasteiger partial charge in [-0.3, -0.25) is 4.79 Å². The molecule has 0 unspecified atom stereocenters. The first-order valence-electron chi connectivity index (χ1n) is 14.8. The van der Waals surface area contributed by atoms with Gasteiger partial charge in [-0.2, -0.15) is 0 Å². The van der Waals surface area contributed by atoms with Crippen LogP contribution in [0.15, 0.2) is 24.5 Å². The normalized spacial score (nSPS) is 16.5. The number of aliphatic hydroxyl groups is 3. The van der Waals surface area contributed by atoms with Gasteiger partial charge in [-0.05, 0) is 43.6 Å². The molecule has 12 heteroatoms. The lowest BCUT2D eigenvalue weighted by Crippen LogP contribution is -2.55. The van der Waals surface area contributed by atoms with E-state index < -0.39 is 30.4 Å². The Hall–Kier alpha value is -2.93. The molecule has 3 heterocycles. The van der Waals surface area contributed by atoms with Gasteiger partial charge in [-0.1, -0.05) is 6.92 Å². The zero-order valence-corrected chi connectivity index (χ0v) is 24.3. The maximum absolute atomic E-state index is 14.7. The number of aliphatic hydroxyl groups excluding tert-OH is 2. The molecular formula is C30H43F2N5O5. The molecule has 4 rings (SSSR count). The summed E-state index contributed by atoms with van der Waals surface area (Å²) in [5.41, 5.74) is -0.746. The summed E-state index contributed by atoms with van der Waals surface area (Å²) in [5, 5.41) is 31.1. The molecule has 0 saturated carbocycles. The molecule has 42 heavy (non-hydrogen) atoms. The van der Waals surface area contributed by atoms with Crippen molar-refractivity contribution in [2.75, 3.05) is 64.0 Å². The standard InChI is InChI=1S/C30H43F2N5O5/c1-2-21-14-34-29(35-15-21)36-7-5-22(6-8-36)4-3-9-42-24-10-26(31)25(27(32)11-24)12-28(40)37-16-23(17-37)13-33-18-30(41,19-38)20-39/h10-11,14-15,22-23,33,38-39,41H,2-9,12-13,16-20H2,1H3. The second kappa shape index (κ2) is 15.0. The topological polar surface area (TPSA) is 131 Å². The number of nitrogens with zero attached hydrogens (tertiary/aromatic N) is 4. The molecular weight excluding hydrogens is 548 g/mol. The smallest absolute Gasteiger partial charge is 0.227 e. The van der Waals surface area contributed by atoms with Gasteiger partial charge in [0.15, 0.2) is 0 Å². The van der Waals surface area contributed by atoms with Gasteiger partial charge in [0.25, 0.3) is 0 Å². The van der Waals surface area contributed by atoms with Gasteiger partial charge in [-0.25, -0.2) is 18.7 Å². The third kappa shape index (κ3) is 8.56. The lowest BCUT2D eigenvalue weighted by molar-refractivity contribution is -0.136. The highest BCUT2D eigenvalue weighted by Gasteiger charge is 2.32. The van der Waals surface area contributed by atoms with Crippen LogP contribution in [-0.2, 0) is 17.6 Å². The second-order valence-corrected chi connectivity index (χ2v) is 11.5. The average Bonchev–Trinajstić information content (AvgIpc) is 2.98. The van der Waals surface area contributed by atoms with E-state index >= 15 is 0 Å². The van der Waals surface area contributed by atoms with E-state index in [0.29, 0.717) is 32.2 Å². The fraction of sp³-hybridized carbons (Fsp3) is 0.633. The van der Waals surface area contributed by atoms with Crippen molar-refractivity contribution in [3.8, 4) is 5.75 Å². The van der Waals surface area contributed by atoms with E-state index in [-0.39, 0.29) is 36.1 Å². The molecule has 0 bridgehead atoms. The Morgan fingerprint density at radius 3 is 2.33 bits per heavy atom. The van der Waals surface area contributed by atoms with Crippen LogP contribution < -0.4 is 15.0 Å². The van der Waals surface area contributed by atoms with Crippen molar-refractivity contribution in [1.29, 1.82) is 0 Å². The van der Waals surface area contributed by atoms with E-state index in [9.17, 15) is 18.7 Å². The summed E-state index contributed by atoms with van der Waals surface area (Å²) < 4.78 is 35.1. The summed E-state index contributed by atoms with van der Waals surface area (Å²) in [5.74, 6) is -0.404. The van der Waals surface area contributed by atoms with Crippen LogP contribution in [0, 0.1) is 23.5 Å². The molecule has 0 spiro atoms. The van der Waals surface area contributed by atoms with Crippen LogP contribution in [0.5, 0.6) is 5.75 Å². The van der Waals surface area contributed by atoms with E-state index in [1.165, 1.54) is 4.90 Å². The molecule has 0 atom stereocenters. The fourth-order valence-corrected chi connectivity index (χ4v) is 5.35. The van der Waals surface area contributed by atoms with Crippen LogP contribution in [-0.4, -0.2) is 101 Å². The van der Waals surface area contributed by atoms with Gasteiger partial charge in [0.2, 0.25) is 11.9 Å². The molecule has 1 aromatic heterocycles. The predicted octanol–water partition coefficient (Wildman–Crippen LogP) is 1.70. The Morgan fingerprint density at radius 2 is 1.74 bits per heavy atom. The van der Waals surface area contributed by atoms with Crippen molar-refractivity contribution in [3.05, 3.63) is 47.3 Å². The molecule has 2 fully saturated rings. The van der Waals surface area contributed by atoms with Crippen molar-refractivity contribution >= 4 is 11.9 Å². The lowest BCUT2D eigenvalue weighted by Gasteiger charge is -2.40. The SMILES string of the molecule is CCc1cnc(N2CCC(CCCOc3cc(F)c(CC(=O)N4CC(CNCC(O)(CO)CO)C4)c(F)c3)CC2)nc1. The Kier molecular flexibility index (Phi) is 11.4. The number of aromatic nitrogens is 2. The fourth-order valence-electron chi connectivity index (χ4n) is 5.35. The zero-order chi connectivity index (χ0) is 30.1. The molecule has 232 valence electrons. The van der Waals surface area contributed by atoms with Gasteiger partial charge in [-0.15, -0.1) is 0 Å². The number of rotatable bonds is 15. The number of hydrogen-bond acceptors (Lipinski definition) is 9. The number of benzene rings is 1. The molecule has 2 aromatic rings. The number of likely N-dealkylation sites (tertiary alicyclic amines) is 1. The number of amides is 1. The van der Waals surface area contributed by atoms with Crippen molar-refractivity contribution in [2.24, 2.45) is 11.8 Å². The third-order valence-corrected chi connectivity index (χ3v) is 8.25. The number of piperidine rings is 1. The highest BCUT2D eigenvalue weighted by molar-refractivity contribution is 5.79. The summed E-state index contributed by atoms with van der Waals surface area (Å²) in [6.07, 6.45) is 8.13. The van der Waals surface area contributed by atoms with Crippen molar-refractivity contribution in [3.63, 3.8) is 0 Å². The van der Waals surface area contributed by atoms with Crippen molar-refractivity contribution in [2.45, 2.75) is 51.0 Å². The van der Waals surface area contributed by atoms with E-state index in [1.807, 2.05) is 12.4 Å². The molecule has 4 N–H and O–H groups in total. The number of halogens is 2. The molecule has 2 aliphatic rings. The van der Waals surface area contributed by atoms with E-state index in [2.05, 4.69) is 27.1 Å². The Labute approximate surface area is 245 Å². The van der Waals surface area contributed by atoms with Crippen molar-refractivity contribution in [1.82, 2.24) is 20.2 Å². The molecule has 1 aromatic carbocycles. The van der Waals surface area contributed by atoms with E-state index in [0.717, 1.165) is 68.8 Å². The summed E-state index contributed by atoms with van der Waals surface area (Å²) in [7, 11) is 0. The van der Waals surface area contributed by atoms with Crippen molar-refractivity contribution < 1.29 is 33.6 Å². The highest BCUT2D eigenvalue weighted by atomic mass is 19.1. The molecule has 1 amide bonds. The van der Waals surface area contributed by atoms with Gasteiger partial charge < -0.3 is 35.2 Å². The maximum atomic E-state index is 14.7. The number of nitrogens with one attached hydrogen (secondary N) is 1. The minimum Gasteiger partial charge on any atom is -0.493 e. The number of aryl methyl sites for hydroxylation is 1. The maximum Gasteiger partial charge on any atom is 0.227 e. The Morgan fingerprint density at radius 1 is 1.10 bits per heavy atom. The van der Waals surface area contributed by atoms with Crippen LogP contribution >= 0.6 is 0 Å². The molecule has 0 radical (unpaired) electrons.